The van der Waals surface area contributed by atoms with E-state index in [-0.39, 0.29) is 57.8 Å². The van der Waals surface area contributed by atoms with Crippen LogP contribution >= 0.6 is 11.6 Å². The summed E-state index contributed by atoms with van der Waals surface area (Å²) in [4.78, 5) is 27.8. The Morgan fingerprint density at radius 1 is 0.977 bits per heavy atom. The number of hydrogen-bond acceptors (Lipinski definition) is 3. The fraction of sp³-hybridized carbons (Fsp3) is 0.179. The highest BCUT2D eigenvalue weighted by Gasteiger charge is 2.42. The Hall–Kier alpha value is -4.66. The van der Waals surface area contributed by atoms with Gasteiger partial charge in [-0.15, -0.1) is 0 Å². The van der Waals surface area contributed by atoms with E-state index < -0.39 is 58.8 Å². The van der Waals surface area contributed by atoms with Crippen LogP contribution in [0.2, 0.25) is 5.02 Å². The smallest absolute Gasteiger partial charge is 0.327 e. The average molecular weight is 642 g/mol. The summed E-state index contributed by atoms with van der Waals surface area (Å²) in [6.45, 7) is 0.0670. The zero-order valence-electron chi connectivity index (χ0n) is 21.7. The lowest BCUT2D eigenvalue weighted by Gasteiger charge is -2.35. The van der Waals surface area contributed by atoms with E-state index in [4.69, 9.17) is 11.6 Å². The number of carbonyl (C=O) groups excluding carboxylic acids is 2. The third kappa shape index (κ3) is 5.10. The minimum Gasteiger partial charge on any atom is -0.327 e. The van der Waals surface area contributed by atoms with Crippen molar-refractivity contribution in [2.45, 2.75) is 24.8 Å². The van der Waals surface area contributed by atoms with Crippen molar-refractivity contribution in [3.63, 3.8) is 0 Å². The summed E-state index contributed by atoms with van der Waals surface area (Å²) in [6.07, 6.45) is -9.62. The molecule has 6 rings (SSSR count). The van der Waals surface area contributed by atoms with Gasteiger partial charge < -0.3 is 10.6 Å². The zero-order chi connectivity index (χ0) is 31.7. The van der Waals surface area contributed by atoms with Gasteiger partial charge >= 0.3 is 18.4 Å². The predicted molar refractivity (Wildman–Crippen MR) is 141 cm³/mol. The molecule has 44 heavy (non-hydrogen) atoms. The molecule has 0 bridgehead atoms. The maximum Gasteiger partial charge on any atom is 0.432 e. The first kappa shape index (κ1) is 29.4. The van der Waals surface area contributed by atoms with Crippen LogP contribution in [-0.4, -0.2) is 28.7 Å². The van der Waals surface area contributed by atoms with E-state index in [9.17, 15) is 44.7 Å². The molecule has 0 fully saturated rings. The van der Waals surface area contributed by atoms with Gasteiger partial charge in [-0.3, -0.25) is 14.8 Å². The molecule has 7 nitrogen and oxygen atoms in total. The molecule has 3 amide bonds. The van der Waals surface area contributed by atoms with Gasteiger partial charge in [0.2, 0.25) is 0 Å². The van der Waals surface area contributed by atoms with Crippen molar-refractivity contribution < 1.29 is 44.7 Å². The summed E-state index contributed by atoms with van der Waals surface area (Å²) in [5, 5.41) is 10.8. The summed E-state index contributed by atoms with van der Waals surface area (Å²) >= 11 is 6.35. The number of urea groups is 1. The lowest BCUT2D eigenvalue weighted by atomic mass is 9.88. The summed E-state index contributed by atoms with van der Waals surface area (Å²) in [6, 6.07) is 4.62. The standard InChI is InChI=1S/C28H16ClF8N5O2/c29-18-2-1-13(30)8-17(18)23-22-20(38-25(43)11-5-12(27(32,33)34)7-14(31)6-11)9-16(19-10-21(41-40-19)28(35,36)37)15-3-4-42(24(15)22)26(44)39-23/h1-2,5-10,23H,3-4H2,(H,38,43)(H,39,44)(H,40,41). The van der Waals surface area contributed by atoms with Crippen molar-refractivity contribution in [3.8, 4) is 11.3 Å². The molecule has 1 unspecified atom stereocenters. The molecular formula is C28H16ClF8N5O2. The van der Waals surface area contributed by atoms with Gasteiger partial charge in [0, 0.05) is 39.5 Å². The lowest BCUT2D eigenvalue weighted by Crippen LogP contribution is -2.46. The number of amides is 3. The predicted octanol–water partition coefficient (Wildman–Crippen LogP) is 7.47. The fourth-order valence-corrected chi connectivity index (χ4v) is 5.60. The van der Waals surface area contributed by atoms with Crippen LogP contribution in [0.1, 0.15) is 44.3 Å². The number of anilines is 2. The second-order valence-electron chi connectivity index (χ2n) is 10.0. The number of carbonyl (C=O) groups is 2. The number of aromatic amines is 1. The molecule has 228 valence electrons. The summed E-state index contributed by atoms with van der Waals surface area (Å²) in [7, 11) is 0. The third-order valence-corrected chi connectivity index (χ3v) is 7.61. The van der Waals surface area contributed by atoms with Crippen LogP contribution in [0.25, 0.3) is 11.3 Å². The van der Waals surface area contributed by atoms with Crippen molar-refractivity contribution in [2.75, 3.05) is 16.8 Å². The molecular weight excluding hydrogens is 626 g/mol. The first-order chi connectivity index (χ1) is 20.6. The number of nitrogens with zero attached hydrogens (tertiary/aromatic N) is 2. The zero-order valence-corrected chi connectivity index (χ0v) is 22.5. The van der Waals surface area contributed by atoms with E-state index in [0.717, 1.165) is 18.2 Å². The molecule has 0 spiro atoms. The summed E-state index contributed by atoms with van der Waals surface area (Å²) in [5.74, 6) is -3.28. The minimum atomic E-state index is -4.98. The van der Waals surface area contributed by atoms with E-state index in [1.54, 1.807) is 0 Å². The minimum absolute atomic E-state index is 0.0142. The SMILES string of the molecule is O=C(Nc1cc(-c2cc(C(F)(F)F)[nH]n2)c2c3c1C(c1cc(F)ccc1Cl)NC(=O)N3CC2)c1cc(F)cc(C(F)(F)F)c1. The first-order valence-electron chi connectivity index (χ1n) is 12.7. The van der Waals surface area contributed by atoms with Gasteiger partial charge in [-0.1, -0.05) is 11.6 Å². The number of nitrogens with one attached hydrogen (secondary N) is 3. The molecule has 2 aliphatic heterocycles. The van der Waals surface area contributed by atoms with E-state index in [1.165, 1.54) is 17.0 Å². The number of aromatic nitrogens is 2. The van der Waals surface area contributed by atoms with E-state index in [0.29, 0.717) is 17.7 Å². The number of alkyl halides is 6. The van der Waals surface area contributed by atoms with Crippen LogP contribution in [-0.2, 0) is 18.8 Å². The number of rotatable bonds is 4. The van der Waals surface area contributed by atoms with Crippen LogP contribution in [0.3, 0.4) is 0 Å². The van der Waals surface area contributed by atoms with Gasteiger partial charge in [0.25, 0.3) is 5.91 Å². The number of H-pyrrole nitrogens is 1. The molecule has 0 saturated carbocycles. The van der Waals surface area contributed by atoms with Gasteiger partial charge in [0.05, 0.1) is 23.0 Å². The Labute approximate surface area is 246 Å². The van der Waals surface area contributed by atoms with Gasteiger partial charge in [-0.05, 0) is 60.5 Å². The topological polar surface area (TPSA) is 90.1 Å². The van der Waals surface area contributed by atoms with Gasteiger partial charge in [-0.25, -0.2) is 13.6 Å². The highest BCUT2D eigenvalue weighted by Crippen LogP contribution is 2.50. The molecule has 3 heterocycles. The Balaban J connectivity index is 1.57. The van der Waals surface area contributed by atoms with E-state index >= 15 is 0 Å². The molecule has 1 aromatic heterocycles. The van der Waals surface area contributed by atoms with Crippen molar-refractivity contribution in [3.05, 3.63) is 98.7 Å². The largest absolute Gasteiger partial charge is 0.432 e. The quantitative estimate of drug-likeness (QED) is 0.202. The summed E-state index contributed by atoms with van der Waals surface area (Å²) < 4.78 is 109. The molecule has 2 aliphatic rings. The molecule has 0 aliphatic carbocycles. The number of halogens is 9. The van der Waals surface area contributed by atoms with Crippen LogP contribution in [0, 0.1) is 11.6 Å². The Kier molecular flexibility index (Phi) is 6.83. The van der Waals surface area contributed by atoms with Gasteiger partial charge in [0.15, 0.2) is 0 Å². The maximum atomic E-state index is 14.3. The van der Waals surface area contributed by atoms with Crippen molar-refractivity contribution in [2.24, 2.45) is 0 Å². The third-order valence-electron chi connectivity index (χ3n) is 7.27. The fourth-order valence-electron chi connectivity index (χ4n) is 5.38. The van der Waals surface area contributed by atoms with Crippen LogP contribution < -0.4 is 15.5 Å². The molecule has 4 aromatic rings. The van der Waals surface area contributed by atoms with Gasteiger partial charge in [0.1, 0.15) is 17.3 Å². The monoisotopic (exact) mass is 641 g/mol. The van der Waals surface area contributed by atoms with Crippen molar-refractivity contribution in [1.82, 2.24) is 15.5 Å². The van der Waals surface area contributed by atoms with Crippen LogP contribution in [0.4, 0.5) is 51.3 Å². The molecule has 3 aromatic carbocycles. The van der Waals surface area contributed by atoms with Crippen LogP contribution in [0.5, 0.6) is 0 Å². The normalized spacial score (nSPS) is 16.2. The van der Waals surface area contributed by atoms with Crippen molar-refractivity contribution >= 4 is 34.9 Å². The number of hydrogen-bond donors (Lipinski definition) is 3. The average Bonchev–Trinajstić information content (AvgIpc) is 3.61. The maximum absolute atomic E-state index is 14.3. The Morgan fingerprint density at radius 2 is 1.73 bits per heavy atom. The molecule has 0 saturated heterocycles. The summed E-state index contributed by atoms with van der Waals surface area (Å²) in [5.41, 5.74) is -2.93. The highest BCUT2D eigenvalue weighted by atomic mass is 35.5. The number of benzene rings is 3. The second-order valence-corrected chi connectivity index (χ2v) is 10.4. The second kappa shape index (κ2) is 10.2. The molecule has 1 atom stereocenters. The van der Waals surface area contributed by atoms with E-state index in [2.05, 4.69) is 15.7 Å². The Morgan fingerprint density at radius 3 is 2.41 bits per heavy atom. The first-order valence-corrected chi connectivity index (χ1v) is 13.0. The molecule has 0 radical (unpaired) electrons. The van der Waals surface area contributed by atoms with Crippen LogP contribution in [0.15, 0.2) is 48.5 Å². The Bertz CT molecular complexity index is 1850. The molecule has 3 N–H and O–H groups in total. The van der Waals surface area contributed by atoms with Gasteiger partial charge in [-0.2, -0.15) is 31.4 Å². The lowest BCUT2D eigenvalue weighted by molar-refractivity contribution is -0.141. The highest BCUT2D eigenvalue weighted by molar-refractivity contribution is 6.31. The van der Waals surface area contributed by atoms with E-state index in [1.807, 2.05) is 5.10 Å². The van der Waals surface area contributed by atoms with Crippen molar-refractivity contribution in [1.29, 1.82) is 0 Å². The molecule has 16 heteroatoms.